The normalized spacial score (nSPS) is 39.0. The summed E-state index contributed by atoms with van der Waals surface area (Å²) in [7, 11) is 0. The van der Waals surface area contributed by atoms with E-state index in [9.17, 15) is 14.7 Å². The number of rotatable bonds is 0. The van der Waals surface area contributed by atoms with Gasteiger partial charge in [0.15, 0.2) is 11.6 Å². The second-order valence-corrected chi connectivity index (χ2v) is 7.71. The fourth-order valence-electron chi connectivity index (χ4n) is 3.56. The summed E-state index contributed by atoms with van der Waals surface area (Å²) in [6.45, 7) is 10.0. The summed E-state index contributed by atoms with van der Waals surface area (Å²) in [5.41, 5.74) is 2.57. The number of hydrogen-bond donors (Lipinski definition) is 1. The molecule has 0 heterocycles. The fourth-order valence-corrected chi connectivity index (χ4v) is 3.56. The van der Waals surface area contributed by atoms with Crippen LogP contribution in [0.1, 0.15) is 53.9 Å². The number of Topliss-reactive ketones (excluding diaryl/α,β-unsaturated/α-hetero) is 1. The summed E-state index contributed by atoms with van der Waals surface area (Å²) in [6.07, 6.45) is 6.31. The van der Waals surface area contributed by atoms with Crippen LogP contribution in [-0.2, 0) is 9.59 Å². The van der Waals surface area contributed by atoms with Gasteiger partial charge in [-0.1, -0.05) is 31.6 Å². The van der Waals surface area contributed by atoms with E-state index in [1.54, 1.807) is 19.1 Å². The minimum Gasteiger partial charge on any atom is -0.381 e. The molecule has 2 rings (SSSR count). The first-order valence-corrected chi connectivity index (χ1v) is 8.42. The van der Waals surface area contributed by atoms with Crippen LogP contribution in [0.15, 0.2) is 34.9 Å². The predicted molar refractivity (Wildman–Crippen MR) is 91.9 cm³/mol. The second kappa shape index (κ2) is 6.56. The molecule has 0 saturated heterocycles. The van der Waals surface area contributed by atoms with Crippen LogP contribution in [0.2, 0.25) is 0 Å². The molecule has 0 amide bonds. The van der Waals surface area contributed by atoms with Gasteiger partial charge in [-0.3, -0.25) is 9.59 Å². The van der Waals surface area contributed by atoms with Gasteiger partial charge >= 0.3 is 0 Å². The van der Waals surface area contributed by atoms with Crippen LogP contribution in [0.3, 0.4) is 0 Å². The summed E-state index contributed by atoms with van der Waals surface area (Å²) in [5.74, 6) is 0.760. The molecule has 2 aliphatic rings. The summed E-state index contributed by atoms with van der Waals surface area (Å²) in [6, 6.07) is 0. The Morgan fingerprint density at radius 2 is 1.83 bits per heavy atom. The Labute approximate surface area is 139 Å². The zero-order valence-corrected chi connectivity index (χ0v) is 14.8. The summed E-state index contributed by atoms with van der Waals surface area (Å²) in [4.78, 5) is 24.4. The van der Waals surface area contributed by atoms with Crippen molar-refractivity contribution >= 4 is 11.6 Å². The smallest absolute Gasteiger partial charge is 0.188 e. The van der Waals surface area contributed by atoms with Crippen LogP contribution >= 0.6 is 0 Å². The van der Waals surface area contributed by atoms with Crippen molar-refractivity contribution in [2.75, 3.05) is 0 Å². The molecule has 1 saturated carbocycles. The maximum Gasteiger partial charge on any atom is 0.188 e. The highest BCUT2D eigenvalue weighted by Crippen LogP contribution is 2.61. The number of allylic oxidation sites excluding steroid dienone is 4. The number of aliphatic hydroxyl groups is 1. The highest BCUT2D eigenvalue weighted by molar-refractivity contribution is 5.97. The summed E-state index contributed by atoms with van der Waals surface area (Å²) < 4.78 is 0. The van der Waals surface area contributed by atoms with Crippen molar-refractivity contribution in [2.45, 2.75) is 60.0 Å². The zero-order valence-electron chi connectivity index (χ0n) is 14.8. The summed E-state index contributed by atoms with van der Waals surface area (Å²) in [5, 5.41) is 10.1. The van der Waals surface area contributed by atoms with Crippen LogP contribution in [0.4, 0.5) is 0 Å². The largest absolute Gasteiger partial charge is 0.381 e. The average Bonchev–Trinajstić information content (AvgIpc) is 3.00. The maximum absolute atomic E-state index is 12.3. The molecule has 126 valence electrons. The lowest BCUT2D eigenvalue weighted by molar-refractivity contribution is -0.120. The van der Waals surface area contributed by atoms with Gasteiger partial charge < -0.3 is 5.11 Å². The SMILES string of the molecule is C/C1=C/C(=O)C(O)/C(C)=C/CC(=O)/C(C)=C/C2C(CC1)C2(C)C. The van der Waals surface area contributed by atoms with Gasteiger partial charge in [-0.05, 0) is 68.1 Å². The van der Waals surface area contributed by atoms with Crippen molar-refractivity contribution in [3.05, 3.63) is 34.9 Å². The third kappa shape index (κ3) is 3.89. The number of hydrogen-bond acceptors (Lipinski definition) is 3. The van der Waals surface area contributed by atoms with Crippen molar-refractivity contribution in [2.24, 2.45) is 17.3 Å². The van der Waals surface area contributed by atoms with Crippen molar-refractivity contribution in [3.63, 3.8) is 0 Å². The minimum absolute atomic E-state index is 0.0641. The molecule has 3 unspecified atom stereocenters. The number of fused-ring (bicyclic) bond motifs is 1. The molecular weight excluding hydrogens is 288 g/mol. The molecule has 0 aromatic carbocycles. The molecule has 0 aromatic rings. The van der Waals surface area contributed by atoms with E-state index in [0.29, 0.717) is 17.4 Å². The van der Waals surface area contributed by atoms with E-state index in [0.717, 1.165) is 24.0 Å². The Bertz CT molecular complexity index is 604. The van der Waals surface area contributed by atoms with Gasteiger partial charge in [-0.15, -0.1) is 0 Å². The fraction of sp³-hybridized carbons (Fsp3) is 0.600. The zero-order chi connectivity index (χ0) is 17.4. The van der Waals surface area contributed by atoms with Gasteiger partial charge in [0.1, 0.15) is 6.10 Å². The monoisotopic (exact) mass is 316 g/mol. The van der Waals surface area contributed by atoms with Gasteiger partial charge in [0.05, 0.1) is 0 Å². The average molecular weight is 316 g/mol. The third-order valence-corrected chi connectivity index (χ3v) is 5.56. The first-order valence-electron chi connectivity index (χ1n) is 8.42. The van der Waals surface area contributed by atoms with Crippen LogP contribution in [-0.4, -0.2) is 22.8 Å². The predicted octanol–water partition coefficient (Wildman–Crippen LogP) is 3.78. The molecule has 2 aliphatic carbocycles. The maximum atomic E-state index is 12.3. The van der Waals surface area contributed by atoms with Gasteiger partial charge in [-0.25, -0.2) is 0 Å². The van der Waals surface area contributed by atoms with E-state index < -0.39 is 6.10 Å². The van der Waals surface area contributed by atoms with Gasteiger partial charge in [-0.2, -0.15) is 0 Å². The van der Waals surface area contributed by atoms with E-state index in [-0.39, 0.29) is 23.4 Å². The first-order chi connectivity index (χ1) is 10.6. The lowest BCUT2D eigenvalue weighted by Gasteiger charge is -2.10. The molecule has 0 aliphatic heterocycles. The molecule has 3 atom stereocenters. The number of ketones is 2. The Kier molecular flexibility index (Phi) is 5.10. The van der Waals surface area contributed by atoms with Crippen LogP contribution < -0.4 is 0 Å². The molecule has 0 radical (unpaired) electrons. The highest BCUT2D eigenvalue weighted by atomic mass is 16.3. The van der Waals surface area contributed by atoms with E-state index in [1.807, 2.05) is 13.8 Å². The van der Waals surface area contributed by atoms with E-state index in [1.165, 1.54) is 0 Å². The van der Waals surface area contributed by atoms with Crippen molar-refractivity contribution in [1.29, 1.82) is 0 Å². The van der Waals surface area contributed by atoms with E-state index in [4.69, 9.17) is 0 Å². The van der Waals surface area contributed by atoms with E-state index >= 15 is 0 Å². The third-order valence-electron chi connectivity index (χ3n) is 5.56. The van der Waals surface area contributed by atoms with Crippen LogP contribution in [0.25, 0.3) is 0 Å². The lowest BCUT2D eigenvalue weighted by Crippen LogP contribution is -2.20. The lowest BCUT2D eigenvalue weighted by atomic mass is 9.99. The molecule has 1 fully saturated rings. The first kappa shape index (κ1) is 17.9. The number of carbonyl (C=O) groups excluding carboxylic acids is 2. The minimum atomic E-state index is -1.14. The van der Waals surface area contributed by atoms with Gasteiger partial charge in [0.2, 0.25) is 0 Å². The Morgan fingerprint density at radius 1 is 1.17 bits per heavy atom. The highest BCUT2D eigenvalue weighted by Gasteiger charge is 2.55. The van der Waals surface area contributed by atoms with Crippen LogP contribution in [0, 0.1) is 17.3 Å². The molecule has 23 heavy (non-hydrogen) atoms. The Morgan fingerprint density at radius 3 is 2.48 bits per heavy atom. The topological polar surface area (TPSA) is 54.4 Å². The standard InChI is InChI=1S/C20H28O3/c1-12-6-8-15-16(20(15,4)5)11-14(3)17(21)9-7-13(2)19(23)18(22)10-12/h7,10-11,15-16,19,23H,6,8-9H2,1-5H3/b12-10-,13-7+,14-11+. The molecule has 3 nitrogen and oxygen atoms in total. The second-order valence-electron chi connectivity index (χ2n) is 7.71. The van der Waals surface area contributed by atoms with E-state index in [2.05, 4.69) is 19.9 Å². The molecule has 0 spiro atoms. The molecule has 0 aromatic heterocycles. The molecule has 3 heteroatoms. The van der Waals surface area contributed by atoms with Gasteiger partial charge in [0, 0.05) is 6.42 Å². The number of carbonyl (C=O) groups is 2. The molecular formula is C20H28O3. The molecule has 0 bridgehead atoms. The number of aliphatic hydroxyl groups excluding tert-OH is 1. The summed E-state index contributed by atoms with van der Waals surface area (Å²) >= 11 is 0. The van der Waals surface area contributed by atoms with Crippen molar-refractivity contribution in [1.82, 2.24) is 0 Å². The van der Waals surface area contributed by atoms with Gasteiger partial charge in [0.25, 0.3) is 0 Å². The molecule has 1 N–H and O–H groups in total. The Balaban J connectivity index is 2.30. The van der Waals surface area contributed by atoms with Crippen molar-refractivity contribution in [3.8, 4) is 0 Å². The van der Waals surface area contributed by atoms with Crippen LogP contribution in [0.5, 0.6) is 0 Å². The van der Waals surface area contributed by atoms with Crippen molar-refractivity contribution < 1.29 is 14.7 Å². The quantitative estimate of drug-likeness (QED) is 0.692. The Hall–Kier alpha value is -1.48.